The van der Waals surface area contributed by atoms with Crippen LogP contribution in [0.4, 0.5) is 5.69 Å². The maximum Gasteiger partial charge on any atom is 0.300 e. The number of phenolic OH excluding ortho intramolecular Hbond substituents is 1. The van der Waals surface area contributed by atoms with Gasteiger partial charge in [-0.1, -0.05) is 44.2 Å². The number of aliphatic hydroxyl groups is 1. The van der Waals surface area contributed by atoms with Gasteiger partial charge in [0.05, 0.1) is 25.8 Å². The Balaban J connectivity index is 1.93. The van der Waals surface area contributed by atoms with Crippen molar-refractivity contribution in [2.45, 2.75) is 25.8 Å². The van der Waals surface area contributed by atoms with Crippen molar-refractivity contribution in [3.05, 3.63) is 89.0 Å². The molecule has 1 saturated heterocycles. The Morgan fingerprint density at radius 2 is 1.66 bits per heavy atom. The molecule has 7 heteroatoms. The Labute approximate surface area is 203 Å². The number of benzene rings is 3. The third kappa shape index (κ3) is 4.33. The second-order valence-electron chi connectivity index (χ2n) is 8.58. The lowest BCUT2D eigenvalue weighted by molar-refractivity contribution is -0.132. The topological polar surface area (TPSA) is 96.3 Å². The van der Waals surface area contributed by atoms with E-state index < -0.39 is 17.7 Å². The van der Waals surface area contributed by atoms with Gasteiger partial charge in [0.15, 0.2) is 11.5 Å². The van der Waals surface area contributed by atoms with E-state index >= 15 is 0 Å². The lowest BCUT2D eigenvalue weighted by atomic mass is 9.94. The van der Waals surface area contributed by atoms with Crippen LogP contribution >= 0.6 is 0 Å². The first kappa shape index (κ1) is 23.9. The molecule has 0 aliphatic carbocycles. The summed E-state index contributed by atoms with van der Waals surface area (Å²) in [6.45, 7) is 4.13. The van der Waals surface area contributed by atoms with Crippen molar-refractivity contribution >= 4 is 23.1 Å². The van der Waals surface area contributed by atoms with Gasteiger partial charge in [0.2, 0.25) is 0 Å². The van der Waals surface area contributed by atoms with Gasteiger partial charge in [-0.25, -0.2) is 0 Å². The highest BCUT2D eigenvalue weighted by atomic mass is 16.5. The summed E-state index contributed by atoms with van der Waals surface area (Å²) in [7, 11) is 2.93. The number of ether oxygens (including phenoxy) is 2. The molecule has 0 bridgehead atoms. The van der Waals surface area contributed by atoms with E-state index in [1.807, 2.05) is 12.1 Å². The van der Waals surface area contributed by atoms with Gasteiger partial charge in [-0.15, -0.1) is 0 Å². The fourth-order valence-corrected chi connectivity index (χ4v) is 4.24. The molecule has 1 amide bonds. The number of aromatic hydroxyl groups is 1. The molecule has 1 aliphatic heterocycles. The van der Waals surface area contributed by atoms with Crippen LogP contribution in [0.15, 0.2) is 72.3 Å². The van der Waals surface area contributed by atoms with Crippen molar-refractivity contribution < 1.29 is 29.3 Å². The lowest BCUT2D eigenvalue weighted by Gasteiger charge is -2.26. The second-order valence-corrected chi connectivity index (χ2v) is 8.58. The SMILES string of the molecule is COc1cccc(/C(O)=C2/C(=O)C(=O)N(c3ccc(C(C)C)cc3)C2c2ccc(OC)c(O)c2)c1. The molecule has 35 heavy (non-hydrogen) atoms. The molecular formula is C28H27NO6. The maximum atomic E-state index is 13.3. The average Bonchev–Trinajstić information content (AvgIpc) is 3.13. The molecule has 1 atom stereocenters. The number of aliphatic hydroxyl groups excluding tert-OH is 1. The van der Waals surface area contributed by atoms with Crippen LogP contribution in [0.5, 0.6) is 17.2 Å². The molecule has 2 N–H and O–H groups in total. The number of rotatable bonds is 6. The zero-order chi connectivity index (χ0) is 25.3. The zero-order valence-electron chi connectivity index (χ0n) is 20.0. The Kier molecular flexibility index (Phi) is 6.51. The summed E-state index contributed by atoms with van der Waals surface area (Å²) in [4.78, 5) is 27.9. The molecular weight excluding hydrogens is 446 g/mol. The first-order chi connectivity index (χ1) is 16.8. The Hall–Kier alpha value is -4.26. The van der Waals surface area contributed by atoms with E-state index in [1.165, 1.54) is 25.2 Å². The molecule has 0 aromatic heterocycles. The van der Waals surface area contributed by atoms with Crippen LogP contribution in [0.3, 0.4) is 0 Å². The molecule has 3 aromatic rings. The molecule has 180 valence electrons. The minimum absolute atomic E-state index is 0.0826. The van der Waals surface area contributed by atoms with Crippen LogP contribution in [-0.4, -0.2) is 36.1 Å². The molecule has 1 fully saturated rings. The first-order valence-electron chi connectivity index (χ1n) is 11.2. The summed E-state index contributed by atoms with van der Waals surface area (Å²) in [5.41, 5.74) is 2.28. The number of carbonyl (C=O) groups is 2. The average molecular weight is 474 g/mol. The van der Waals surface area contributed by atoms with Crippen LogP contribution in [0.2, 0.25) is 0 Å². The molecule has 0 saturated carbocycles. The van der Waals surface area contributed by atoms with Gasteiger partial charge in [-0.05, 0) is 53.4 Å². The predicted octanol–water partition coefficient (Wildman–Crippen LogP) is 5.16. The minimum atomic E-state index is -0.970. The summed E-state index contributed by atoms with van der Waals surface area (Å²) < 4.78 is 10.4. The normalized spacial score (nSPS) is 17.2. The predicted molar refractivity (Wildman–Crippen MR) is 133 cm³/mol. The maximum absolute atomic E-state index is 13.3. The number of hydrogen-bond donors (Lipinski definition) is 2. The summed E-state index contributed by atoms with van der Waals surface area (Å²) in [6, 6.07) is 17.7. The zero-order valence-corrected chi connectivity index (χ0v) is 20.0. The van der Waals surface area contributed by atoms with Gasteiger partial charge >= 0.3 is 0 Å². The van der Waals surface area contributed by atoms with Gasteiger partial charge in [-0.2, -0.15) is 0 Å². The molecule has 3 aromatic carbocycles. The highest BCUT2D eigenvalue weighted by Gasteiger charge is 2.47. The largest absolute Gasteiger partial charge is 0.507 e. The van der Waals surface area contributed by atoms with Crippen LogP contribution in [-0.2, 0) is 9.59 Å². The van der Waals surface area contributed by atoms with Crippen LogP contribution in [0.1, 0.15) is 42.5 Å². The van der Waals surface area contributed by atoms with E-state index in [0.29, 0.717) is 28.5 Å². The van der Waals surface area contributed by atoms with E-state index in [9.17, 15) is 19.8 Å². The second kappa shape index (κ2) is 9.54. The Morgan fingerprint density at radius 1 is 0.943 bits per heavy atom. The number of methoxy groups -OCH3 is 2. The van der Waals surface area contributed by atoms with Crippen molar-refractivity contribution in [1.82, 2.24) is 0 Å². The van der Waals surface area contributed by atoms with E-state index in [2.05, 4.69) is 13.8 Å². The standard InChI is InChI=1S/C28H27NO6/c1-16(2)17-8-11-20(12-9-17)29-25(18-10-13-23(35-4)22(30)15-18)24(27(32)28(29)33)26(31)19-6-5-7-21(14-19)34-3/h5-16,25,30-31H,1-4H3/b26-24-. The molecule has 1 unspecified atom stereocenters. The van der Waals surface area contributed by atoms with Crippen molar-refractivity contribution in [3.63, 3.8) is 0 Å². The van der Waals surface area contributed by atoms with E-state index in [1.54, 1.807) is 48.5 Å². The lowest BCUT2D eigenvalue weighted by Crippen LogP contribution is -2.29. The first-order valence-corrected chi connectivity index (χ1v) is 11.2. The van der Waals surface area contributed by atoms with Gasteiger partial charge in [0.25, 0.3) is 11.7 Å². The Bertz CT molecular complexity index is 1310. The van der Waals surface area contributed by atoms with E-state index in [0.717, 1.165) is 5.56 Å². The highest BCUT2D eigenvalue weighted by molar-refractivity contribution is 6.51. The van der Waals surface area contributed by atoms with E-state index in [-0.39, 0.29) is 22.8 Å². The summed E-state index contributed by atoms with van der Waals surface area (Å²) >= 11 is 0. The van der Waals surface area contributed by atoms with Gasteiger partial charge < -0.3 is 19.7 Å². The quantitative estimate of drug-likeness (QED) is 0.292. The molecule has 1 heterocycles. The molecule has 4 rings (SSSR count). The summed E-state index contributed by atoms with van der Waals surface area (Å²) in [5.74, 6) is -1.03. The molecule has 7 nitrogen and oxygen atoms in total. The monoisotopic (exact) mass is 473 g/mol. The molecule has 1 aliphatic rings. The number of hydrogen-bond acceptors (Lipinski definition) is 6. The number of amides is 1. The van der Waals surface area contributed by atoms with Crippen LogP contribution < -0.4 is 14.4 Å². The van der Waals surface area contributed by atoms with E-state index in [4.69, 9.17) is 9.47 Å². The number of nitrogens with zero attached hydrogens (tertiary/aromatic N) is 1. The van der Waals surface area contributed by atoms with Crippen LogP contribution in [0, 0.1) is 0 Å². The van der Waals surface area contributed by atoms with Gasteiger partial charge in [0, 0.05) is 11.3 Å². The number of carbonyl (C=O) groups excluding carboxylic acids is 2. The molecule has 0 radical (unpaired) electrons. The molecule has 0 spiro atoms. The third-order valence-electron chi connectivity index (χ3n) is 6.14. The third-order valence-corrected chi connectivity index (χ3v) is 6.14. The number of ketones is 1. The number of phenols is 1. The van der Waals surface area contributed by atoms with Crippen molar-refractivity contribution in [2.75, 3.05) is 19.1 Å². The van der Waals surface area contributed by atoms with Crippen molar-refractivity contribution in [1.29, 1.82) is 0 Å². The Morgan fingerprint density at radius 3 is 2.26 bits per heavy atom. The number of anilines is 1. The fraction of sp³-hybridized carbons (Fsp3) is 0.214. The summed E-state index contributed by atoms with van der Waals surface area (Å²) in [6.07, 6.45) is 0. The van der Waals surface area contributed by atoms with Crippen LogP contribution in [0.25, 0.3) is 5.76 Å². The minimum Gasteiger partial charge on any atom is -0.507 e. The fourth-order valence-electron chi connectivity index (χ4n) is 4.24. The van der Waals surface area contributed by atoms with Gasteiger partial charge in [-0.3, -0.25) is 14.5 Å². The van der Waals surface area contributed by atoms with Crippen molar-refractivity contribution in [3.8, 4) is 17.2 Å². The smallest absolute Gasteiger partial charge is 0.300 e. The van der Waals surface area contributed by atoms with Gasteiger partial charge in [0.1, 0.15) is 11.5 Å². The van der Waals surface area contributed by atoms with Crippen molar-refractivity contribution in [2.24, 2.45) is 0 Å². The summed E-state index contributed by atoms with van der Waals surface area (Å²) in [5, 5.41) is 21.7. The highest BCUT2D eigenvalue weighted by Crippen LogP contribution is 2.44. The number of Topliss-reactive ketones (excluding diaryl/α,β-unsaturated/α-hetero) is 1.